The van der Waals surface area contributed by atoms with Crippen LogP contribution in [0.15, 0.2) is 72.2 Å². The van der Waals surface area contributed by atoms with Gasteiger partial charge in [0, 0.05) is 53.1 Å². The van der Waals surface area contributed by atoms with Crippen molar-refractivity contribution in [2.45, 2.75) is 13.3 Å². The number of hydroxylamine groups is 2. The van der Waals surface area contributed by atoms with E-state index >= 15 is 0 Å². The van der Waals surface area contributed by atoms with E-state index < -0.39 is 5.91 Å². The number of nitrogens with zero attached hydrogens (tertiary/aromatic N) is 5. The van der Waals surface area contributed by atoms with Crippen LogP contribution in [0.4, 0.5) is 5.82 Å². The topological polar surface area (TPSA) is 95.6 Å². The van der Waals surface area contributed by atoms with Gasteiger partial charge < -0.3 is 4.57 Å². The van der Waals surface area contributed by atoms with Crippen molar-refractivity contribution in [3.63, 3.8) is 0 Å². The van der Waals surface area contributed by atoms with Crippen LogP contribution in [-0.4, -0.2) is 43.5 Å². The predicted octanol–water partition coefficient (Wildman–Crippen LogP) is 5.07. The highest BCUT2D eigenvalue weighted by molar-refractivity contribution is 7.18. The molecule has 0 aliphatic rings. The largest absolute Gasteiger partial charge is 0.350 e. The van der Waals surface area contributed by atoms with Gasteiger partial charge in [0.1, 0.15) is 11.2 Å². The fourth-order valence-corrected chi connectivity index (χ4v) is 5.06. The number of nitrogens with one attached hydrogen (secondary N) is 1. The number of carbonyl (C=O) groups excluding carboxylic acids is 1. The fourth-order valence-electron chi connectivity index (χ4n) is 4.03. The van der Waals surface area contributed by atoms with Crippen LogP contribution >= 0.6 is 11.3 Å². The summed E-state index contributed by atoms with van der Waals surface area (Å²) in [6.07, 6.45) is 6.01. The molecule has 0 saturated carbocycles. The Bertz CT molecular complexity index is 1550. The van der Waals surface area contributed by atoms with Crippen molar-refractivity contribution in [3.05, 3.63) is 88.7 Å². The molecule has 9 heteroatoms. The van der Waals surface area contributed by atoms with Crippen LogP contribution < -0.4 is 5.43 Å². The average molecular weight is 485 g/mol. The molecule has 5 aromatic rings. The zero-order valence-electron chi connectivity index (χ0n) is 19.3. The number of amides is 1. The van der Waals surface area contributed by atoms with Gasteiger partial charge in [-0.3, -0.25) is 15.4 Å². The van der Waals surface area contributed by atoms with E-state index in [1.165, 1.54) is 6.33 Å². The summed E-state index contributed by atoms with van der Waals surface area (Å²) in [4.78, 5) is 23.0. The summed E-state index contributed by atoms with van der Waals surface area (Å²) >= 11 is 1.58. The first-order valence-electron chi connectivity index (χ1n) is 11.2. The number of benzene rings is 2. The molecule has 2 aromatic carbocycles. The maximum Gasteiger partial charge on any atom is 0.277 e. The zero-order valence-corrected chi connectivity index (χ0v) is 20.2. The second kappa shape index (κ2) is 9.65. The predicted molar refractivity (Wildman–Crippen MR) is 139 cm³/mol. The number of hydrogen-bond acceptors (Lipinski definition) is 7. The third kappa shape index (κ3) is 4.64. The summed E-state index contributed by atoms with van der Waals surface area (Å²) in [5, 5.41) is 16.9. The number of hydrazone groups is 1. The van der Waals surface area contributed by atoms with Crippen LogP contribution in [0.2, 0.25) is 0 Å². The van der Waals surface area contributed by atoms with Crippen LogP contribution in [0.1, 0.15) is 33.3 Å². The number of aryl methyl sites for hydroxylation is 1. The Morgan fingerprint density at radius 1 is 1.17 bits per heavy atom. The Hall–Kier alpha value is -4.08. The van der Waals surface area contributed by atoms with Crippen molar-refractivity contribution in [1.29, 1.82) is 0 Å². The first kappa shape index (κ1) is 22.7. The van der Waals surface area contributed by atoms with E-state index in [9.17, 15) is 10.0 Å². The molecule has 0 aliphatic carbocycles. The minimum absolute atomic E-state index is 0.233. The molecule has 0 saturated heterocycles. The van der Waals surface area contributed by atoms with Crippen molar-refractivity contribution in [1.82, 2.24) is 19.6 Å². The third-order valence-corrected chi connectivity index (χ3v) is 6.81. The molecular formula is C26H24N6O2S. The highest BCUT2D eigenvalue weighted by Gasteiger charge is 2.14. The molecule has 0 spiro atoms. The smallest absolute Gasteiger partial charge is 0.277 e. The second-order valence-electron chi connectivity index (χ2n) is 8.13. The maximum absolute atomic E-state index is 12.3. The SMILES string of the molecule is CCN(O)C(=O)c1cccc(Cc2cc3c(NN=Cc4cn(C)c5ccccc45)ncnc3s2)c1. The molecule has 0 atom stereocenters. The van der Waals surface area contributed by atoms with Gasteiger partial charge in [-0.2, -0.15) is 5.10 Å². The Morgan fingerprint density at radius 3 is 2.89 bits per heavy atom. The molecule has 8 nitrogen and oxygen atoms in total. The van der Waals surface area contributed by atoms with Gasteiger partial charge in [-0.15, -0.1) is 11.3 Å². The second-order valence-corrected chi connectivity index (χ2v) is 9.25. The molecule has 5 rings (SSSR count). The molecule has 0 unspecified atom stereocenters. The summed E-state index contributed by atoms with van der Waals surface area (Å²) in [5.41, 5.74) is 6.67. The summed E-state index contributed by atoms with van der Waals surface area (Å²) in [7, 11) is 2.02. The maximum atomic E-state index is 12.3. The van der Waals surface area contributed by atoms with Crippen molar-refractivity contribution < 1.29 is 10.0 Å². The monoisotopic (exact) mass is 484 g/mol. The molecule has 0 aliphatic heterocycles. The quantitative estimate of drug-likeness (QED) is 0.191. The Balaban J connectivity index is 1.36. The lowest BCUT2D eigenvalue weighted by atomic mass is 10.1. The van der Waals surface area contributed by atoms with Crippen LogP contribution in [-0.2, 0) is 13.5 Å². The van der Waals surface area contributed by atoms with Crippen molar-refractivity contribution in [3.8, 4) is 0 Å². The van der Waals surface area contributed by atoms with Crippen molar-refractivity contribution in [2.24, 2.45) is 12.1 Å². The molecule has 0 radical (unpaired) electrons. The molecule has 0 bridgehead atoms. The van der Waals surface area contributed by atoms with E-state index in [2.05, 4.69) is 43.3 Å². The Labute approximate surface area is 206 Å². The average Bonchev–Trinajstić information content (AvgIpc) is 3.44. The number of hydrogen-bond donors (Lipinski definition) is 2. The zero-order chi connectivity index (χ0) is 24.4. The normalized spacial score (nSPS) is 11.5. The van der Waals surface area contributed by atoms with Crippen molar-refractivity contribution in [2.75, 3.05) is 12.0 Å². The molecule has 0 fully saturated rings. The Morgan fingerprint density at radius 2 is 2.03 bits per heavy atom. The number of anilines is 1. The van der Waals surface area contributed by atoms with Gasteiger partial charge in [0.05, 0.1) is 11.6 Å². The van der Waals surface area contributed by atoms with Crippen LogP contribution in [0.25, 0.3) is 21.1 Å². The molecular weight excluding hydrogens is 460 g/mol. The summed E-state index contributed by atoms with van der Waals surface area (Å²) < 4.78 is 2.08. The molecule has 3 heterocycles. The number of aromatic nitrogens is 3. The van der Waals surface area contributed by atoms with Gasteiger partial charge in [-0.1, -0.05) is 30.3 Å². The Kier molecular flexibility index (Phi) is 6.26. The lowest BCUT2D eigenvalue weighted by molar-refractivity contribution is -0.0541. The highest BCUT2D eigenvalue weighted by Crippen LogP contribution is 2.30. The number of thiophene rings is 1. The lowest BCUT2D eigenvalue weighted by Crippen LogP contribution is -2.26. The van der Waals surface area contributed by atoms with Gasteiger partial charge in [0.2, 0.25) is 0 Å². The molecule has 35 heavy (non-hydrogen) atoms. The van der Waals surface area contributed by atoms with E-state index in [0.717, 1.165) is 37.1 Å². The molecule has 176 valence electrons. The number of para-hydroxylation sites is 1. The summed E-state index contributed by atoms with van der Waals surface area (Å²) in [6.45, 7) is 1.95. The van der Waals surface area contributed by atoms with E-state index in [0.29, 0.717) is 22.9 Å². The van der Waals surface area contributed by atoms with Gasteiger partial charge >= 0.3 is 0 Å². The number of rotatable bonds is 7. The van der Waals surface area contributed by atoms with E-state index in [1.54, 1.807) is 30.5 Å². The molecule has 1 amide bonds. The van der Waals surface area contributed by atoms with Gasteiger partial charge in [0.15, 0.2) is 5.82 Å². The molecule has 2 N–H and O–H groups in total. The van der Waals surface area contributed by atoms with Gasteiger partial charge in [-0.25, -0.2) is 15.0 Å². The van der Waals surface area contributed by atoms with E-state index in [4.69, 9.17) is 0 Å². The lowest BCUT2D eigenvalue weighted by Gasteiger charge is -2.12. The first-order valence-corrected chi connectivity index (χ1v) is 12.0. The standard InChI is InChI=1S/C26H24N6O2S/c1-3-32(34)26(33)18-8-6-7-17(11-18)12-20-13-22-24(27-16-28-25(22)35-20)30-29-14-19-15-31(2)23-10-5-4-9-21(19)23/h4-11,13-16,34H,3,12H2,1-2H3,(H,27,28,30). The third-order valence-electron chi connectivity index (χ3n) is 5.77. The first-order chi connectivity index (χ1) is 17.0. The summed E-state index contributed by atoms with van der Waals surface area (Å²) in [6, 6.07) is 17.6. The molecule has 3 aromatic heterocycles. The van der Waals surface area contributed by atoms with Crippen LogP contribution in [0.3, 0.4) is 0 Å². The number of fused-ring (bicyclic) bond motifs is 2. The highest BCUT2D eigenvalue weighted by atomic mass is 32.1. The van der Waals surface area contributed by atoms with Crippen LogP contribution in [0.5, 0.6) is 0 Å². The van der Waals surface area contributed by atoms with E-state index in [-0.39, 0.29) is 6.54 Å². The van der Waals surface area contributed by atoms with Crippen molar-refractivity contribution >= 4 is 50.4 Å². The van der Waals surface area contributed by atoms with Crippen LogP contribution in [0, 0.1) is 0 Å². The summed E-state index contributed by atoms with van der Waals surface area (Å²) in [5.74, 6) is 0.226. The van der Waals surface area contributed by atoms with E-state index in [1.807, 2.05) is 43.6 Å². The van der Waals surface area contributed by atoms with Gasteiger partial charge in [-0.05, 0) is 36.8 Å². The number of carbonyl (C=O) groups is 1. The van der Waals surface area contributed by atoms with Gasteiger partial charge in [0.25, 0.3) is 5.91 Å². The fraction of sp³-hybridized carbons (Fsp3) is 0.154. The minimum atomic E-state index is -0.410. The minimum Gasteiger partial charge on any atom is -0.350 e.